The Balaban J connectivity index is 2.33. The van der Waals surface area contributed by atoms with E-state index in [-0.39, 0.29) is 5.69 Å². The molecule has 2 rings (SSSR count). The summed E-state index contributed by atoms with van der Waals surface area (Å²) in [7, 11) is 0. The third kappa shape index (κ3) is 3.17. The van der Waals surface area contributed by atoms with Gasteiger partial charge in [-0.05, 0) is 31.5 Å². The first-order chi connectivity index (χ1) is 9.51. The highest BCUT2D eigenvalue weighted by Crippen LogP contribution is 2.31. The van der Waals surface area contributed by atoms with Crippen molar-refractivity contribution in [3.8, 4) is 11.5 Å². The molecule has 0 bridgehead atoms. The summed E-state index contributed by atoms with van der Waals surface area (Å²) in [6.45, 7) is 3.82. The fourth-order valence-electron chi connectivity index (χ4n) is 1.89. The summed E-state index contributed by atoms with van der Waals surface area (Å²) in [5.74, 6) is 1.38. The molecule has 0 unspecified atom stereocenters. The van der Waals surface area contributed by atoms with E-state index in [0.717, 1.165) is 22.4 Å². The third-order valence-corrected chi connectivity index (χ3v) is 3.55. The molecule has 0 aromatic heterocycles. The predicted molar refractivity (Wildman–Crippen MR) is 81.7 cm³/mol. The fraction of sp³-hybridized carbons (Fsp3) is 0.200. The number of alkyl halides is 1. The minimum absolute atomic E-state index is 0.0690. The predicted octanol–water partition coefficient (Wildman–Crippen LogP) is 4.90. The second-order valence-corrected chi connectivity index (χ2v) is 5.11. The quantitative estimate of drug-likeness (QED) is 0.453. The molecule has 0 fully saturated rings. The van der Waals surface area contributed by atoms with Crippen molar-refractivity contribution in [2.45, 2.75) is 19.2 Å². The topological polar surface area (TPSA) is 52.4 Å². The average molecular weight is 336 g/mol. The van der Waals surface area contributed by atoms with Crippen molar-refractivity contribution in [3.63, 3.8) is 0 Å². The van der Waals surface area contributed by atoms with Crippen molar-refractivity contribution in [2.24, 2.45) is 0 Å². The SMILES string of the molecule is Cc1ccc(Oc2ccc([N+](=O)[O-])cc2C)c(CBr)c1. The van der Waals surface area contributed by atoms with Crippen LogP contribution in [0.25, 0.3) is 0 Å². The van der Waals surface area contributed by atoms with Crippen LogP contribution in [0.2, 0.25) is 0 Å². The number of nitro groups is 1. The molecule has 0 saturated heterocycles. The van der Waals surface area contributed by atoms with Crippen LogP contribution in [0.15, 0.2) is 36.4 Å². The molecular formula is C15H14BrNO3. The van der Waals surface area contributed by atoms with E-state index in [1.165, 1.54) is 12.1 Å². The molecule has 20 heavy (non-hydrogen) atoms. The molecule has 5 heteroatoms. The maximum absolute atomic E-state index is 10.7. The number of hydrogen-bond donors (Lipinski definition) is 0. The molecule has 0 heterocycles. The van der Waals surface area contributed by atoms with Crippen molar-refractivity contribution in [1.82, 2.24) is 0 Å². The molecule has 104 valence electrons. The summed E-state index contributed by atoms with van der Waals surface area (Å²) < 4.78 is 5.87. The summed E-state index contributed by atoms with van der Waals surface area (Å²) in [5.41, 5.74) is 3.01. The van der Waals surface area contributed by atoms with Gasteiger partial charge in [0.1, 0.15) is 11.5 Å². The molecule has 0 spiro atoms. The number of hydrogen-bond acceptors (Lipinski definition) is 3. The highest BCUT2D eigenvalue weighted by molar-refractivity contribution is 9.08. The van der Waals surface area contributed by atoms with Gasteiger partial charge in [-0.3, -0.25) is 10.1 Å². The van der Waals surface area contributed by atoms with E-state index in [4.69, 9.17) is 4.74 Å². The van der Waals surface area contributed by atoms with Crippen LogP contribution >= 0.6 is 15.9 Å². The van der Waals surface area contributed by atoms with E-state index in [1.807, 2.05) is 25.1 Å². The molecule has 0 atom stereocenters. The molecule has 4 nitrogen and oxygen atoms in total. The lowest BCUT2D eigenvalue weighted by molar-refractivity contribution is -0.384. The van der Waals surface area contributed by atoms with Gasteiger partial charge in [-0.1, -0.05) is 33.6 Å². The van der Waals surface area contributed by atoms with Crippen LogP contribution in [-0.4, -0.2) is 4.92 Å². The number of rotatable bonds is 4. The lowest BCUT2D eigenvalue weighted by atomic mass is 10.1. The first kappa shape index (κ1) is 14.5. The van der Waals surface area contributed by atoms with E-state index in [0.29, 0.717) is 11.1 Å². The lowest BCUT2D eigenvalue weighted by Gasteiger charge is -2.12. The average Bonchev–Trinajstić information content (AvgIpc) is 2.42. The number of nitrogens with zero attached hydrogens (tertiary/aromatic N) is 1. The molecule has 0 aliphatic rings. The lowest BCUT2D eigenvalue weighted by Crippen LogP contribution is -1.94. The zero-order valence-corrected chi connectivity index (χ0v) is 12.8. The van der Waals surface area contributed by atoms with Crippen molar-refractivity contribution < 1.29 is 9.66 Å². The van der Waals surface area contributed by atoms with Gasteiger partial charge < -0.3 is 4.74 Å². The standard InChI is InChI=1S/C15H14BrNO3/c1-10-3-5-15(12(7-10)9-16)20-14-6-4-13(17(18)19)8-11(14)2/h3-8H,9H2,1-2H3. The molecule has 0 aliphatic heterocycles. The number of aryl methyl sites for hydroxylation is 2. The van der Waals surface area contributed by atoms with Gasteiger partial charge in [-0.2, -0.15) is 0 Å². The van der Waals surface area contributed by atoms with Gasteiger partial charge in [0.05, 0.1) is 4.92 Å². The Morgan fingerprint density at radius 1 is 1.15 bits per heavy atom. The summed E-state index contributed by atoms with van der Waals surface area (Å²) in [5, 5.41) is 11.4. The number of benzene rings is 2. The van der Waals surface area contributed by atoms with Gasteiger partial charge in [0, 0.05) is 23.0 Å². The first-order valence-electron chi connectivity index (χ1n) is 6.09. The van der Waals surface area contributed by atoms with E-state index in [1.54, 1.807) is 13.0 Å². The van der Waals surface area contributed by atoms with Crippen molar-refractivity contribution in [1.29, 1.82) is 0 Å². The van der Waals surface area contributed by atoms with Crippen molar-refractivity contribution >= 4 is 21.6 Å². The largest absolute Gasteiger partial charge is 0.457 e. The minimum Gasteiger partial charge on any atom is -0.457 e. The highest BCUT2D eigenvalue weighted by Gasteiger charge is 2.11. The zero-order valence-electron chi connectivity index (χ0n) is 11.2. The van der Waals surface area contributed by atoms with Crippen LogP contribution in [0.5, 0.6) is 11.5 Å². The van der Waals surface area contributed by atoms with Gasteiger partial charge >= 0.3 is 0 Å². The van der Waals surface area contributed by atoms with E-state index < -0.39 is 4.92 Å². The van der Waals surface area contributed by atoms with E-state index >= 15 is 0 Å². The van der Waals surface area contributed by atoms with Crippen LogP contribution in [0.4, 0.5) is 5.69 Å². The van der Waals surface area contributed by atoms with Gasteiger partial charge in [-0.15, -0.1) is 0 Å². The van der Waals surface area contributed by atoms with Crippen molar-refractivity contribution in [3.05, 3.63) is 63.2 Å². The smallest absolute Gasteiger partial charge is 0.269 e. The van der Waals surface area contributed by atoms with Crippen molar-refractivity contribution in [2.75, 3.05) is 0 Å². The molecular weight excluding hydrogens is 322 g/mol. The number of nitro benzene ring substituents is 1. The van der Waals surface area contributed by atoms with E-state index in [9.17, 15) is 10.1 Å². The first-order valence-corrected chi connectivity index (χ1v) is 7.22. The molecule has 2 aromatic rings. The maximum atomic E-state index is 10.7. The molecule has 2 aromatic carbocycles. The van der Waals surface area contributed by atoms with Gasteiger partial charge in [0.25, 0.3) is 5.69 Å². The molecule has 0 amide bonds. The Morgan fingerprint density at radius 3 is 2.45 bits per heavy atom. The summed E-state index contributed by atoms with van der Waals surface area (Å²) in [4.78, 5) is 10.3. The zero-order chi connectivity index (χ0) is 14.7. The molecule has 0 radical (unpaired) electrons. The normalized spacial score (nSPS) is 10.3. The summed E-state index contributed by atoms with van der Waals surface area (Å²) >= 11 is 3.44. The highest BCUT2D eigenvalue weighted by atomic mass is 79.9. The third-order valence-electron chi connectivity index (χ3n) is 2.95. The number of ether oxygens (including phenoxy) is 1. The number of non-ortho nitro benzene ring substituents is 1. The number of halogens is 1. The van der Waals surface area contributed by atoms with E-state index in [2.05, 4.69) is 15.9 Å². The van der Waals surface area contributed by atoms with Gasteiger partial charge in [0.2, 0.25) is 0 Å². The Labute approximate surface area is 125 Å². The van der Waals surface area contributed by atoms with Crippen LogP contribution in [0.1, 0.15) is 16.7 Å². The van der Waals surface area contributed by atoms with Gasteiger partial charge in [-0.25, -0.2) is 0 Å². The summed E-state index contributed by atoms with van der Waals surface area (Å²) in [6, 6.07) is 10.5. The molecule has 0 aliphatic carbocycles. The Hall–Kier alpha value is -1.88. The molecule has 0 saturated carbocycles. The second-order valence-electron chi connectivity index (χ2n) is 4.55. The molecule has 0 N–H and O–H groups in total. The second kappa shape index (κ2) is 6.05. The summed E-state index contributed by atoms with van der Waals surface area (Å²) in [6.07, 6.45) is 0. The monoisotopic (exact) mass is 335 g/mol. The minimum atomic E-state index is -0.410. The van der Waals surface area contributed by atoms with Crippen LogP contribution in [0, 0.1) is 24.0 Å². The fourth-order valence-corrected chi connectivity index (χ4v) is 2.33. The van der Waals surface area contributed by atoms with Crippen LogP contribution in [0.3, 0.4) is 0 Å². The Kier molecular flexibility index (Phi) is 4.39. The van der Waals surface area contributed by atoms with Gasteiger partial charge in [0.15, 0.2) is 0 Å². The Bertz CT molecular complexity index is 656. The van der Waals surface area contributed by atoms with Crippen LogP contribution < -0.4 is 4.74 Å². The van der Waals surface area contributed by atoms with Crippen LogP contribution in [-0.2, 0) is 5.33 Å². The Morgan fingerprint density at radius 2 is 1.85 bits per heavy atom. The maximum Gasteiger partial charge on any atom is 0.269 e.